The first kappa shape index (κ1) is 22.3. The van der Waals surface area contributed by atoms with Crippen LogP contribution < -0.4 is 15.5 Å². The van der Waals surface area contributed by atoms with Gasteiger partial charge in [0.2, 0.25) is 0 Å². The van der Waals surface area contributed by atoms with E-state index in [1.807, 2.05) is 19.1 Å². The number of hydrazone groups is 1. The quantitative estimate of drug-likeness (QED) is 0.312. The molecular formula is C23H19Cl2N3O3. The maximum Gasteiger partial charge on any atom is 0.329 e. The van der Waals surface area contributed by atoms with E-state index in [0.717, 1.165) is 16.7 Å². The van der Waals surface area contributed by atoms with Gasteiger partial charge in [-0.05, 0) is 72.1 Å². The van der Waals surface area contributed by atoms with Gasteiger partial charge in [-0.15, -0.1) is 0 Å². The van der Waals surface area contributed by atoms with Crippen molar-refractivity contribution in [1.29, 1.82) is 0 Å². The molecule has 0 unspecified atom stereocenters. The second-order valence-corrected chi connectivity index (χ2v) is 7.44. The molecule has 3 rings (SSSR count). The molecule has 2 N–H and O–H groups in total. The number of carbonyl (C=O) groups excluding carboxylic acids is 2. The lowest BCUT2D eigenvalue weighted by Gasteiger charge is -2.07. The van der Waals surface area contributed by atoms with Gasteiger partial charge in [-0.3, -0.25) is 9.59 Å². The smallest absolute Gasteiger partial charge is 0.329 e. The number of ether oxygens (including phenoxy) is 1. The van der Waals surface area contributed by atoms with E-state index in [4.69, 9.17) is 27.9 Å². The molecule has 2 amide bonds. The normalized spacial score (nSPS) is 10.7. The van der Waals surface area contributed by atoms with Crippen LogP contribution in [0.5, 0.6) is 5.75 Å². The molecule has 0 bridgehead atoms. The van der Waals surface area contributed by atoms with E-state index in [2.05, 4.69) is 15.8 Å². The highest BCUT2D eigenvalue weighted by Gasteiger charge is 2.12. The molecule has 0 radical (unpaired) electrons. The maximum absolute atomic E-state index is 11.9. The number of hydrogen-bond donors (Lipinski definition) is 2. The van der Waals surface area contributed by atoms with Crippen molar-refractivity contribution in [1.82, 2.24) is 5.43 Å². The minimum atomic E-state index is -0.862. The fourth-order valence-electron chi connectivity index (χ4n) is 2.57. The third kappa shape index (κ3) is 6.84. The summed E-state index contributed by atoms with van der Waals surface area (Å²) in [7, 11) is 0. The Kier molecular flexibility index (Phi) is 7.65. The average molecular weight is 456 g/mol. The summed E-state index contributed by atoms with van der Waals surface area (Å²) >= 11 is 11.9. The third-order valence-electron chi connectivity index (χ3n) is 4.13. The molecular weight excluding hydrogens is 437 g/mol. The summed E-state index contributed by atoms with van der Waals surface area (Å²) in [5.74, 6) is -1.00. The summed E-state index contributed by atoms with van der Waals surface area (Å²) in [6.07, 6.45) is 1.43. The standard InChI is InChI=1S/C23H19Cl2N3O3/c1-15-3-2-4-18(11-15)27-22(29)23(30)28-26-13-16-5-8-19(9-6-16)31-14-17-7-10-20(24)21(25)12-17/h2-13H,14H2,1H3,(H,27,29)(H,28,30)/b26-13-. The predicted octanol–water partition coefficient (Wildman–Crippen LogP) is 4.97. The summed E-state index contributed by atoms with van der Waals surface area (Å²) in [4.78, 5) is 23.8. The van der Waals surface area contributed by atoms with E-state index in [0.29, 0.717) is 28.1 Å². The molecule has 3 aromatic rings. The van der Waals surface area contributed by atoms with Crippen LogP contribution in [-0.4, -0.2) is 18.0 Å². The lowest BCUT2D eigenvalue weighted by molar-refractivity contribution is -0.136. The van der Waals surface area contributed by atoms with Crippen molar-refractivity contribution in [2.45, 2.75) is 13.5 Å². The van der Waals surface area contributed by atoms with Crippen LogP contribution in [0.4, 0.5) is 5.69 Å². The lowest BCUT2D eigenvalue weighted by Crippen LogP contribution is -2.32. The number of amides is 2. The highest BCUT2D eigenvalue weighted by Crippen LogP contribution is 2.23. The molecule has 0 heterocycles. The average Bonchev–Trinajstić information content (AvgIpc) is 2.75. The van der Waals surface area contributed by atoms with Crippen LogP contribution in [0.1, 0.15) is 16.7 Å². The number of benzene rings is 3. The Labute approximate surface area is 189 Å². The minimum Gasteiger partial charge on any atom is -0.489 e. The van der Waals surface area contributed by atoms with Gasteiger partial charge in [-0.2, -0.15) is 5.10 Å². The Morgan fingerprint density at radius 3 is 2.45 bits per heavy atom. The van der Waals surface area contributed by atoms with E-state index in [-0.39, 0.29) is 0 Å². The van der Waals surface area contributed by atoms with Crippen LogP contribution in [0.25, 0.3) is 0 Å². The number of nitrogens with one attached hydrogen (secondary N) is 2. The van der Waals surface area contributed by atoms with Gasteiger partial charge in [0.15, 0.2) is 0 Å². The Morgan fingerprint density at radius 2 is 1.74 bits per heavy atom. The Hall–Kier alpha value is -3.35. The van der Waals surface area contributed by atoms with Crippen molar-refractivity contribution < 1.29 is 14.3 Å². The molecule has 0 saturated carbocycles. The Bertz CT molecular complexity index is 1120. The molecule has 158 valence electrons. The van der Waals surface area contributed by atoms with Crippen molar-refractivity contribution >= 4 is 46.9 Å². The van der Waals surface area contributed by atoms with Crippen molar-refractivity contribution in [3.05, 3.63) is 93.5 Å². The predicted molar refractivity (Wildman–Crippen MR) is 123 cm³/mol. The fraction of sp³-hybridized carbons (Fsp3) is 0.0870. The van der Waals surface area contributed by atoms with Gasteiger partial charge in [0.1, 0.15) is 12.4 Å². The topological polar surface area (TPSA) is 79.8 Å². The second-order valence-electron chi connectivity index (χ2n) is 6.63. The summed E-state index contributed by atoms with van der Waals surface area (Å²) in [5.41, 5.74) is 5.33. The van der Waals surface area contributed by atoms with Crippen LogP contribution in [-0.2, 0) is 16.2 Å². The van der Waals surface area contributed by atoms with Crippen molar-refractivity contribution in [2.75, 3.05) is 5.32 Å². The molecule has 31 heavy (non-hydrogen) atoms. The number of carbonyl (C=O) groups is 2. The van der Waals surface area contributed by atoms with Crippen molar-refractivity contribution in [3.63, 3.8) is 0 Å². The van der Waals surface area contributed by atoms with Gasteiger partial charge >= 0.3 is 11.8 Å². The van der Waals surface area contributed by atoms with E-state index < -0.39 is 11.8 Å². The highest BCUT2D eigenvalue weighted by atomic mass is 35.5. The van der Waals surface area contributed by atoms with Crippen LogP contribution >= 0.6 is 23.2 Å². The maximum atomic E-state index is 11.9. The first-order valence-electron chi connectivity index (χ1n) is 9.28. The molecule has 6 nitrogen and oxygen atoms in total. The zero-order valence-electron chi connectivity index (χ0n) is 16.6. The molecule has 0 aliphatic rings. The zero-order valence-corrected chi connectivity index (χ0v) is 18.1. The minimum absolute atomic E-state index is 0.344. The SMILES string of the molecule is Cc1cccc(NC(=O)C(=O)N/N=C\c2ccc(OCc3ccc(Cl)c(Cl)c3)cc2)c1. The molecule has 0 aromatic heterocycles. The van der Waals surface area contributed by atoms with Gasteiger partial charge in [0, 0.05) is 5.69 Å². The third-order valence-corrected chi connectivity index (χ3v) is 4.87. The zero-order chi connectivity index (χ0) is 22.2. The van der Waals surface area contributed by atoms with Crippen LogP contribution in [0.15, 0.2) is 71.8 Å². The number of nitrogens with zero attached hydrogens (tertiary/aromatic N) is 1. The van der Waals surface area contributed by atoms with Crippen LogP contribution in [0, 0.1) is 6.92 Å². The summed E-state index contributed by atoms with van der Waals surface area (Å²) in [6.45, 7) is 2.24. The van der Waals surface area contributed by atoms with Crippen molar-refractivity contribution in [2.24, 2.45) is 5.10 Å². The highest BCUT2D eigenvalue weighted by molar-refractivity contribution is 6.42. The number of hydrogen-bond acceptors (Lipinski definition) is 4. The van der Waals surface area contributed by atoms with Crippen LogP contribution in [0.2, 0.25) is 10.0 Å². The van der Waals surface area contributed by atoms with E-state index in [9.17, 15) is 9.59 Å². The molecule has 0 fully saturated rings. The van der Waals surface area contributed by atoms with Gasteiger partial charge in [-0.25, -0.2) is 5.43 Å². The Morgan fingerprint density at radius 1 is 0.968 bits per heavy atom. The first-order valence-corrected chi connectivity index (χ1v) is 10.0. The largest absolute Gasteiger partial charge is 0.489 e. The van der Waals surface area contributed by atoms with Gasteiger partial charge in [0.25, 0.3) is 0 Å². The van der Waals surface area contributed by atoms with Gasteiger partial charge in [0.05, 0.1) is 16.3 Å². The summed E-state index contributed by atoms with van der Waals surface area (Å²) < 4.78 is 5.71. The number of aryl methyl sites for hydroxylation is 1. The number of rotatable bonds is 6. The van der Waals surface area contributed by atoms with E-state index in [1.54, 1.807) is 54.6 Å². The molecule has 0 aliphatic carbocycles. The van der Waals surface area contributed by atoms with Crippen LogP contribution in [0.3, 0.4) is 0 Å². The molecule has 0 atom stereocenters. The summed E-state index contributed by atoms with van der Waals surface area (Å²) in [5, 5.41) is 7.30. The van der Waals surface area contributed by atoms with E-state index in [1.165, 1.54) is 6.21 Å². The lowest BCUT2D eigenvalue weighted by atomic mass is 10.2. The molecule has 0 aliphatic heterocycles. The monoisotopic (exact) mass is 455 g/mol. The Balaban J connectivity index is 1.48. The molecule has 0 spiro atoms. The second kappa shape index (κ2) is 10.6. The number of halogens is 2. The molecule has 3 aromatic carbocycles. The molecule has 0 saturated heterocycles. The number of anilines is 1. The fourth-order valence-corrected chi connectivity index (χ4v) is 2.89. The summed E-state index contributed by atoms with van der Waals surface area (Å²) in [6, 6.07) is 19.5. The van der Waals surface area contributed by atoms with Gasteiger partial charge < -0.3 is 10.1 Å². The molecule has 8 heteroatoms. The van der Waals surface area contributed by atoms with E-state index >= 15 is 0 Å². The first-order chi connectivity index (χ1) is 14.9. The van der Waals surface area contributed by atoms with Gasteiger partial charge in [-0.1, -0.05) is 41.4 Å². The van der Waals surface area contributed by atoms with Crippen molar-refractivity contribution in [3.8, 4) is 5.75 Å².